The second-order valence-corrected chi connectivity index (χ2v) is 12.0. The number of hydrogen-bond acceptors (Lipinski definition) is 5. The molecule has 3 unspecified atom stereocenters. The standard InChI is InChI=1S/C21H25F6NO4S/c1-12-6-19(29,17-9-18(10-17,11-17)21(25,26)27)7-13(28-12)8-32-14-3-4-16(33(2,30)31)15(5-14)20(22,23)24/h3-5,12-13,28-29H,6-11H2,1-2H3. The van der Waals surface area contributed by atoms with Crippen molar-refractivity contribution in [2.75, 3.05) is 12.9 Å². The molecule has 1 saturated heterocycles. The summed E-state index contributed by atoms with van der Waals surface area (Å²) in [7, 11) is -4.12. The van der Waals surface area contributed by atoms with Crippen LogP contribution in [0.15, 0.2) is 23.1 Å². The van der Waals surface area contributed by atoms with Crippen molar-refractivity contribution < 1.29 is 44.6 Å². The maximum absolute atomic E-state index is 13.4. The van der Waals surface area contributed by atoms with Crippen molar-refractivity contribution in [2.24, 2.45) is 10.8 Å². The largest absolute Gasteiger partial charge is 0.492 e. The Morgan fingerprint density at radius 1 is 1.12 bits per heavy atom. The first-order chi connectivity index (χ1) is 14.9. The van der Waals surface area contributed by atoms with Gasteiger partial charge in [0.1, 0.15) is 12.4 Å². The van der Waals surface area contributed by atoms with Gasteiger partial charge in [-0.25, -0.2) is 8.42 Å². The highest BCUT2D eigenvalue weighted by molar-refractivity contribution is 7.90. The van der Waals surface area contributed by atoms with Gasteiger partial charge in [-0.05, 0) is 57.2 Å². The molecule has 0 aromatic heterocycles. The lowest BCUT2D eigenvalue weighted by Gasteiger charge is -2.76. The average Bonchev–Trinajstić information content (AvgIpc) is 2.53. The first-order valence-corrected chi connectivity index (χ1v) is 12.4. The van der Waals surface area contributed by atoms with Gasteiger partial charge in [-0.2, -0.15) is 26.3 Å². The van der Waals surface area contributed by atoms with E-state index in [1.807, 2.05) is 0 Å². The molecule has 2 bridgehead atoms. The molecule has 0 radical (unpaired) electrons. The lowest BCUT2D eigenvalue weighted by molar-refractivity contribution is -0.403. The van der Waals surface area contributed by atoms with Gasteiger partial charge in [0.05, 0.1) is 21.5 Å². The van der Waals surface area contributed by atoms with Crippen LogP contribution >= 0.6 is 0 Å². The number of benzene rings is 1. The zero-order chi connectivity index (χ0) is 24.7. The fourth-order valence-electron chi connectivity index (χ4n) is 5.98. The third-order valence-corrected chi connectivity index (χ3v) is 8.63. The summed E-state index contributed by atoms with van der Waals surface area (Å²) in [6, 6.07) is 1.84. The van der Waals surface area contributed by atoms with Crippen LogP contribution in [0.2, 0.25) is 0 Å². The SMILES string of the molecule is CC1CC(O)(C23CC(C(F)(F)F)(C2)C3)CC(COc2ccc(S(C)(=O)=O)c(C(F)(F)F)c2)N1. The number of ether oxygens (including phenoxy) is 1. The van der Waals surface area contributed by atoms with Crippen LogP contribution in [0, 0.1) is 10.8 Å². The summed E-state index contributed by atoms with van der Waals surface area (Å²) in [5.41, 5.74) is -5.15. The van der Waals surface area contributed by atoms with Gasteiger partial charge < -0.3 is 15.2 Å². The van der Waals surface area contributed by atoms with E-state index in [2.05, 4.69) is 5.32 Å². The van der Waals surface area contributed by atoms with Gasteiger partial charge in [0.15, 0.2) is 9.84 Å². The highest BCUT2D eigenvalue weighted by Crippen LogP contribution is 2.82. The molecule has 1 aromatic carbocycles. The molecule has 5 rings (SSSR count). The van der Waals surface area contributed by atoms with Crippen LogP contribution in [0.5, 0.6) is 5.75 Å². The molecule has 4 aliphatic rings. The molecule has 1 aliphatic heterocycles. The number of hydrogen-bond donors (Lipinski definition) is 2. The third kappa shape index (κ3) is 4.01. The molecule has 186 valence electrons. The van der Waals surface area contributed by atoms with Crippen LogP contribution in [-0.4, -0.2) is 50.2 Å². The Kier molecular flexibility index (Phi) is 5.39. The third-order valence-electron chi connectivity index (χ3n) is 7.47. The van der Waals surface area contributed by atoms with Crippen molar-refractivity contribution in [2.45, 2.75) is 74.0 Å². The Labute approximate surface area is 187 Å². The molecule has 12 heteroatoms. The summed E-state index contributed by atoms with van der Waals surface area (Å²) in [4.78, 5) is -0.858. The van der Waals surface area contributed by atoms with Gasteiger partial charge in [0.2, 0.25) is 0 Å². The summed E-state index contributed by atoms with van der Waals surface area (Å²) in [5.74, 6) is -0.195. The van der Waals surface area contributed by atoms with Crippen molar-refractivity contribution in [3.63, 3.8) is 0 Å². The number of aliphatic hydroxyl groups is 1. The van der Waals surface area contributed by atoms with Gasteiger partial charge in [-0.3, -0.25) is 0 Å². The van der Waals surface area contributed by atoms with Gasteiger partial charge in [-0.15, -0.1) is 0 Å². The maximum atomic E-state index is 13.4. The van der Waals surface area contributed by atoms with Crippen molar-refractivity contribution >= 4 is 9.84 Å². The minimum absolute atomic E-state index is 0.109. The lowest BCUT2D eigenvalue weighted by atomic mass is 9.29. The zero-order valence-electron chi connectivity index (χ0n) is 18.0. The van der Waals surface area contributed by atoms with Crippen molar-refractivity contribution in [1.29, 1.82) is 0 Å². The van der Waals surface area contributed by atoms with Crippen molar-refractivity contribution in [1.82, 2.24) is 5.32 Å². The van der Waals surface area contributed by atoms with E-state index in [0.717, 1.165) is 12.1 Å². The normalized spacial score (nSPS) is 36.6. The van der Waals surface area contributed by atoms with E-state index in [9.17, 15) is 39.9 Å². The summed E-state index contributed by atoms with van der Waals surface area (Å²) < 4.78 is 109. The van der Waals surface area contributed by atoms with E-state index < -0.39 is 55.1 Å². The van der Waals surface area contributed by atoms with Crippen LogP contribution in [0.3, 0.4) is 0 Å². The Morgan fingerprint density at radius 2 is 1.73 bits per heavy atom. The highest BCUT2D eigenvalue weighted by atomic mass is 32.2. The molecule has 33 heavy (non-hydrogen) atoms. The summed E-state index contributed by atoms with van der Waals surface area (Å²) in [5, 5.41) is 14.5. The smallest absolute Gasteiger partial charge is 0.417 e. The molecule has 3 saturated carbocycles. The summed E-state index contributed by atoms with van der Waals surface area (Å²) >= 11 is 0. The predicted octanol–water partition coefficient (Wildman–Crippen LogP) is 4.09. The van der Waals surface area contributed by atoms with Crippen molar-refractivity contribution in [3.05, 3.63) is 23.8 Å². The van der Waals surface area contributed by atoms with Crippen LogP contribution in [0.4, 0.5) is 26.3 Å². The molecule has 4 fully saturated rings. The number of sulfone groups is 1. The first kappa shape index (κ1) is 24.6. The molecular formula is C21H25F6NO4S. The Hall–Kier alpha value is -1.53. The summed E-state index contributed by atoms with van der Waals surface area (Å²) in [6.07, 6.45) is -8.46. The second kappa shape index (κ2) is 7.24. The number of halogens is 6. The van der Waals surface area contributed by atoms with Gasteiger partial charge in [-0.1, -0.05) is 0 Å². The van der Waals surface area contributed by atoms with Crippen LogP contribution in [0.1, 0.15) is 44.6 Å². The van der Waals surface area contributed by atoms with Gasteiger partial charge in [0, 0.05) is 23.8 Å². The molecular weight excluding hydrogens is 476 g/mol. The van der Waals surface area contributed by atoms with Gasteiger partial charge in [0.25, 0.3) is 0 Å². The minimum atomic E-state index is -4.91. The maximum Gasteiger partial charge on any atom is 0.417 e. The number of nitrogens with one attached hydrogen (secondary N) is 1. The number of alkyl halides is 6. The minimum Gasteiger partial charge on any atom is -0.492 e. The average molecular weight is 501 g/mol. The predicted molar refractivity (Wildman–Crippen MR) is 105 cm³/mol. The number of piperidine rings is 1. The molecule has 1 heterocycles. The van der Waals surface area contributed by atoms with Crippen LogP contribution in [0.25, 0.3) is 0 Å². The fourth-order valence-corrected chi connectivity index (χ4v) is 6.87. The first-order valence-electron chi connectivity index (χ1n) is 10.5. The van der Waals surface area contributed by atoms with Gasteiger partial charge >= 0.3 is 12.4 Å². The Balaban J connectivity index is 1.46. The van der Waals surface area contributed by atoms with E-state index in [0.29, 0.717) is 12.3 Å². The topological polar surface area (TPSA) is 75.6 Å². The number of rotatable bonds is 5. The highest BCUT2D eigenvalue weighted by Gasteiger charge is 2.83. The molecule has 2 N–H and O–H groups in total. The molecule has 0 spiro atoms. The Morgan fingerprint density at radius 3 is 2.24 bits per heavy atom. The van der Waals surface area contributed by atoms with Crippen LogP contribution < -0.4 is 10.1 Å². The van der Waals surface area contributed by atoms with E-state index in [-0.39, 0.29) is 50.5 Å². The van der Waals surface area contributed by atoms with E-state index >= 15 is 0 Å². The van der Waals surface area contributed by atoms with Crippen LogP contribution in [-0.2, 0) is 16.0 Å². The zero-order valence-corrected chi connectivity index (χ0v) is 18.8. The van der Waals surface area contributed by atoms with E-state index in [1.165, 1.54) is 0 Å². The monoisotopic (exact) mass is 501 g/mol. The molecule has 3 atom stereocenters. The lowest BCUT2D eigenvalue weighted by Crippen LogP contribution is -2.78. The quantitative estimate of drug-likeness (QED) is 0.595. The second-order valence-electron chi connectivity index (χ2n) is 10.0. The molecule has 3 aliphatic carbocycles. The molecule has 1 aromatic rings. The van der Waals surface area contributed by atoms with Crippen molar-refractivity contribution in [3.8, 4) is 5.75 Å². The Bertz CT molecular complexity index is 1030. The van der Waals surface area contributed by atoms with E-state index in [4.69, 9.17) is 4.74 Å². The van der Waals surface area contributed by atoms with E-state index in [1.54, 1.807) is 6.92 Å². The summed E-state index contributed by atoms with van der Waals surface area (Å²) in [6.45, 7) is 1.65. The molecule has 0 amide bonds. The molecule has 5 nitrogen and oxygen atoms in total. The fraction of sp³-hybridized carbons (Fsp3) is 0.714.